The molecule has 28 heavy (non-hydrogen) atoms. The summed E-state index contributed by atoms with van der Waals surface area (Å²) in [5.41, 5.74) is 10.3. The van der Waals surface area contributed by atoms with Gasteiger partial charge in [-0.3, -0.25) is 14.6 Å². The number of nitrogens with two attached hydrogens (primary N) is 2. The molecule has 2 aliphatic heterocycles. The molecule has 162 valence electrons. The number of ether oxygens (including phenoxy) is 3. The second-order valence-electron chi connectivity index (χ2n) is 5.41. The lowest BCUT2D eigenvalue weighted by Crippen LogP contribution is -2.46. The first kappa shape index (κ1) is 25.8. The van der Waals surface area contributed by atoms with Crippen LogP contribution < -0.4 is 16.8 Å². The minimum absolute atomic E-state index is 0.0204. The smallest absolute Gasteiger partial charge is 0.352 e. The zero-order valence-corrected chi connectivity index (χ0v) is 15.4. The van der Waals surface area contributed by atoms with Crippen LogP contribution in [-0.4, -0.2) is 110 Å². The van der Waals surface area contributed by atoms with Crippen LogP contribution in [0.25, 0.3) is 0 Å². The van der Waals surface area contributed by atoms with E-state index in [4.69, 9.17) is 41.0 Å². The Morgan fingerprint density at radius 1 is 1.25 bits per heavy atom. The second-order valence-corrected chi connectivity index (χ2v) is 5.41. The fraction of sp³-hybridized carbons (Fsp3) is 0.733. The van der Waals surface area contributed by atoms with Gasteiger partial charge in [-0.2, -0.15) is 0 Å². The number of carbonyl (C=O) groups is 3. The Morgan fingerprint density at radius 3 is 2.32 bits per heavy atom. The lowest BCUT2D eigenvalue weighted by atomic mass is 10.3. The highest BCUT2D eigenvalue weighted by atomic mass is 16.5. The minimum Gasteiger partial charge on any atom is -0.480 e. The number of carboxylic acids is 3. The molecule has 2 atom stereocenters. The van der Waals surface area contributed by atoms with Gasteiger partial charge in [-0.15, -0.1) is 0 Å². The van der Waals surface area contributed by atoms with E-state index in [0.717, 1.165) is 0 Å². The van der Waals surface area contributed by atoms with Crippen LogP contribution in [0.4, 0.5) is 0 Å². The van der Waals surface area contributed by atoms with Crippen molar-refractivity contribution in [1.82, 2.24) is 5.32 Å². The Kier molecular flexibility index (Phi) is 14.6. The number of aliphatic imine (C=N–C) groups is 1. The van der Waals surface area contributed by atoms with Gasteiger partial charge in [0, 0.05) is 13.1 Å². The van der Waals surface area contributed by atoms with Gasteiger partial charge in [0.2, 0.25) is 0 Å². The summed E-state index contributed by atoms with van der Waals surface area (Å²) in [4.78, 5) is 34.1. The molecule has 0 amide bonds. The maximum atomic E-state index is 10.2. The summed E-state index contributed by atoms with van der Waals surface area (Å²) >= 11 is 0. The second kappa shape index (κ2) is 15.9. The van der Waals surface area contributed by atoms with E-state index in [1.165, 1.54) is 0 Å². The van der Waals surface area contributed by atoms with Crippen molar-refractivity contribution in [1.29, 1.82) is 0 Å². The molecule has 8 N–H and O–H groups in total. The first-order valence-corrected chi connectivity index (χ1v) is 8.44. The standard InChI is InChI=1S/C5H12N2O3.C5H9NO3.C5H7NO3/c6-1-2-10-3-4(7)5(8)9;2*7-5(8)4-3-9-2-1-6-4/h4H,1-3,6-7H2,(H,8,9);4,6H,1-3H2,(H,7,8);1-3H2,(H,7,8)/t2*4-;/m00./s1. The molecule has 2 aliphatic rings. The number of aliphatic carboxylic acids is 3. The zero-order chi connectivity index (χ0) is 21.4. The SMILES string of the molecule is NCCOC[C@H](N)C(=O)O.O=C(O)C1=NCCOC1.O=C(O)[C@@H]1COCCN1. The summed E-state index contributed by atoms with van der Waals surface area (Å²) in [6, 6.07) is -1.44. The molecule has 0 aromatic rings. The summed E-state index contributed by atoms with van der Waals surface area (Å²) in [7, 11) is 0. The number of hydrogen-bond acceptors (Lipinski definition) is 10. The van der Waals surface area contributed by atoms with E-state index in [0.29, 0.717) is 39.5 Å². The first-order valence-electron chi connectivity index (χ1n) is 8.44. The van der Waals surface area contributed by atoms with Gasteiger partial charge < -0.3 is 46.3 Å². The summed E-state index contributed by atoms with van der Waals surface area (Å²) in [6.45, 7) is 3.45. The van der Waals surface area contributed by atoms with Gasteiger partial charge in [0.15, 0.2) is 0 Å². The largest absolute Gasteiger partial charge is 0.480 e. The Labute approximate surface area is 161 Å². The zero-order valence-electron chi connectivity index (χ0n) is 15.4. The van der Waals surface area contributed by atoms with Gasteiger partial charge in [0.25, 0.3) is 0 Å². The van der Waals surface area contributed by atoms with Gasteiger partial charge >= 0.3 is 17.9 Å². The number of morpholine rings is 1. The van der Waals surface area contributed by atoms with E-state index in [9.17, 15) is 14.4 Å². The van der Waals surface area contributed by atoms with Crippen LogP contribution in [0.3, 0.4) is 0 Å². The quantitative estimate of drug-likeness (QED) is 0.232. The van der Waals surface area contributed by atoms with Gasteiger partial charge in [-0.05, 0) is 0 Å². The average molecular weight is 408 g/mol. The molecule has 0 aliphatic carbocycles. The highest BCUT2D eigenvalue weighted by molar-refractivity contribution is 6.36. The van der Waals surface area contributed by atoms with Crippen LogP contribution in [0.2, 0.25) is 0 Å². The molecule has 2 rings (SSSR count). The molecule has 0 spiro atoms. The number of hydrogen-bond donors (Lipinski definition) is 6. The van der Waals surface area contributed by atoms with Crippen LogP contribution >= 0.6 is 0 Å². The predicted molar refractivity (Wildman–Crippen MR) is 96.5 cm³/mol. The lowest BCUT2D eigenvalue weighted by molar-refractivity contribution is -0.142. The maximum Gasteiger partial charge on any atom is 0.352 e. The normalized spacial score (nSPS) is 19.6. The van der Waals surface area contributed by atoms with E-state index < -0.39 is 30.0 Å². The third kappa shape index (κ3) is 13.1. The Bertz CT molecular complexity index is 510. The molecular formula is C15H28N4O9. The summed E-state index contributed by atoms with van der Waals surface area (Å²) in [5, 5.41) is 27.8. The molecule has 0 saturated carbocycles. The topological polar surface area (TPSA) is 216 Å². The summed E-state index contributed by atoms with van der Waals surface area (Å²) in [5.74, 6) is -2.87. The minimum atomic E-state index is -1.06. The van der Waals surface area contributed by atoms with Crippen molar-refractivity contribution in [2.75, 3.05) is 59.3 Å². The van der Waals surface area contributed by atoms with E-state index in [1.807, 2.05) is 0 Å². The van der Waals surface area contributed by atoms with Crippen molar-refractivity contribution in [3.63, 3.8) is 0 Å². The van der Waals surface area contributed by atoms with E-state index >= 15 is 0 Å². The van der Waals surface area contributed by atoms with Crippen molar-refractivity contribution in [3.05, 3.63) is 0 Å². The van der Waals surface area contributed by atoms with Gasteiger partial charge in [0.1, 0.15) is 17.8 Å². The highest BCUT2D eigenvalue weighted by Gasteiger charge is 2.19. The fourth-order valence-electron chi connectivity index (χ4n) is 1.68. The molecule has 0 unspecified atom stereocenters. The van der Waals surface area contributed by atoms with Crippen LogP contribution in [0, 0.1) is 0 Å². The van der Waals surface area contributed by atoms with Gasteiger partial charge in [-0.25, -0.2) is 4.79 Å². The predicted octanol–water partition coefficient (Wildman–Crippen LogP) is -3.02. The molecule has 13 heteroatoms. The summed E-state index contributed by atoms with van der Waals surface area (Å²) in [6.07, 6.45) is 0. The third-order valence-electron chi connectivity index (χ3n) is 3.12. The average Bonchev–Trinajstić information content (AvgIpc) is 2.70. The molecule has 0 bridgehead atoms. The molecule has 1 fully saturated rings. The van der Waals surface area contributed by atoms with Crippen molar-refractivity contribution < 1.29 is 43.9 Å². The number of nitrogens with zero attached hydrogens (tertiary/aromatic N) is 1. The van der Waals surface area contributed by atoms with Crippen LogP contribution in [0.15, 0.2) is 4.99 Å². The van der Waals surface area contributed by atoms with Crippen LogP contribution in [0.1, 0.15) is 0 Å². The van der Waals surface area contributed by atoms with Crippen LogP contribution in [-0.2, 0) is 28.6 Å². The number of carboxylic acid groups (broad SMARTS) is 3. The third-order valence-corrected chi connectivity index (χ3v) is 3.12. The molecule has 0 aromatic carbocycles. The number of nitrogens with one attached hydrogen (secondary N) is 1. The lowest BCUT2D eigenvalue weighted by Gasteiger charge is -2.19. The van der Waals surface area contributed by atoms with Gasteiger partial charge in [0.05, 0.1) is 46.2 Å². The molecular weight excluding hydrogens is 380 g/mol. The highest BCUT2D eigenvalue weighted by Crippen LogP contribution is 1.91. The molecule has 0 aromatic heterocycles. The summed E-state index contributed by atoms with van der Waals surface area (Å²) < 4.78 is 14.5. The van der Waals surface area contributed by atoms with E-state index in [2.05, 4.69) is 10.3 Å². The molecule has 1 saturated heterocycles. The van der Waals surface area contributed by atoms with E-state index in [1.54, 1.807) is 0 Å². The fourth-order valence-corrected chi connectivity index (χ4v) is 1.68. The van der Waals surface area contributed by atoms with E-state index in [-0.39, 0.29) is 25.5 Å². The van der Waals surface area contributed by atoms with Crippen molar-refractivity contribution >= 4 is 23.6 Å². The molecule has 13 nitrogen and oxygen atoms in total. The van der Waals surface area contributed by atoms with Crippen molar-refractivity contribution in [2.24, 2.45) is 16.5 Å². The Morgan fingerprint density at radius 2 is 1.96 bits per heavy atom. The number of rotatable bonds is 7. The monoisotopic (exact) mass is 408 g/mol. The molecule has 2 heterocycles. The Balaban J connectivity index is 0.000000391. The van der Waals surface area contributed by atoms with Crippen molar-refractivity contribution in [3.8, 4) is 0 Å². The first-order chi connectivity index (χ1) is 13.3. The Hall–Kier alpha value is -2.16. The van der Waals surface area contributed by atoms with Gasteiger partial charge in [-0.1, -0.05) is 0 Å². The van der Waals surface area contributed by atoms with Crippen molar-refractivity contribution in [2.45, 2.75) is 12.1 Å². The maximum absolute atomic E-state index is 10.2. The molecule has 0 radical (unpaired) electrons. The van der Waals surface area contributed by atoms with Crippen LogP contribution in [0.5, 0.6) is 0 Å².